The number of hydrogen-bond acceptors (Lipinski definition) is 4. The highest BCUT2D eigenvalue weighted by molar-refractivity contribution is 9.10. The molecule has 6 heteroatoms. The number of rotatable bonds is 4. The van der Waals surface area contributed by atoms with Gasteiger partial charge in [-0.2, -0.15) is 5.26 Å². The molecule has 1 aromatic carbocycles. The van der Waals surface area contributed by atoms with Crippen LogP contribution >= 0.6 is 15.9 Å². The molecule has 0 amide bonds. The normalized spacial score (nSPS) is 21.2. The van der Waals surface area contributed by atoms with Crippen LogP contribution in [0.5, 0.6) is 0 Å². The molecule has 0 spiro atoms. The maximum Gasteiger partial charge on any atom is 0.0971 e. The first kappa shape index (κ1) is 15.2. The van der Waals surface area contributed by atoms with Gasteiger partial charge in [-0.15, -0.1) is 5.10 Å². The van der Waals surface area contributed by atoms with Crippen molar-refractivity contribution < 1.29 is 0 Å². The molecule has 1 saturated carbocycles. The summed E-state index contributed by atoms with van der Waals surface area (Å²) < 4.78 is 2.81. The molecule has 1 fully saturated rings. The van der Waals surface area contributed by atoms with Gasteiger partial charge in [0, 0.05) is 23.0 Å². The van der Waals surface area contributed by atoms with Crippen molar-refractivity contribution in [1.29, 1.82) is 5.26 Å². The lowest BCUT2D eigenvalue weighted by Crippen LogP contribution is -2.29. The summed E-state index contributed by atoms with van der Waals surface area (Å²) in [5, 5.41) is 17.5. The lowest BCUT2D eigenvalue weighted by molar-refractivity contribution is 0.232. The summed E-state index contributed by atoms with van der Waals surface area (Å²) in [6.45, 7) is 0.761. The first-order chi connectivity index (χ1) is 10.7. The molecular weight excluding hydrogens is 342 g/mol. The Bertz CT molecular complexity index is 690. The van der Waals surface area contributed by atoms with Gasteiger partial charge in [0.05, 0.1) is 23.6 Å². The second-order valence-electron chi connectivity index (χ2n) is 5.84. The van der Waals surface area contributed by atoms with Crippen molar-refractivity contribution in [2.75, 3.05) is 7.05 Å². The molecular formula is C16H18BrN5. The predicted molar refractivity (Wildman–Crippen MR) is 87.3 cm³/mol. The highest BCUT2D eigenvalue weighted by Gasteiger charge is 2.27. The molecule has 1 heterocycles. The van der Waals surface area contributed by atoms with E-state index in [1.54, 1.807) is 4.68 Å². The van der Waals surface area contributed by atoms with Gasteiger partial charge < -0.3 is 0 Å². The van der Waals surface area contributed by atoms with Gasteiger partial charge in [-0.1, -0.05) is 27.2 Å². The van der Waals surface area contributed by atoms with Crippen LogP contribution in [0.1, 0.15) is 25.0 Å². The largest absolute Gasteiger partial charge is 0.297 e. The smallest absolute Gasteiger partial charge is 0.0971 e. The lowest BCUT2D eigenvalue weighted by Gasteiger charge is -2.22. The molecule has 0 bridgehead atoms. The maximum absolute atomic E-state index is 9.01. The number of halogens is 1. The molecule has 5 nitrogen and oxygen atoms in total. The van der Waals surface area contributed by atoms with Crippen molar-refractivity contribution in [2.45, 2.75) is 31.8 Å². The molecule has 1 aliphatic carbocycles. The first-order valence-corrected chi connectivity index (χ1v) is 8.22. The van der Waals surface area contributed by atoms with Crippen LogP contribution in [0, 0.1) is 17.2 Å². The molecule has 2 unspecified atom stereocenters. The van der Waals surface area contributed by atoms with E-state index in [0.29, 0.717) is 6.04 Å². The maximum atomic E-state index is 9.01. The average molecular weight is 360 g/mol. The van der Waals surface area contributed by atoms with Crippen LogP contribution in [0.2, 0.25) is 0 Å². The summed E-state index contributed by atoms with van der Waals surface area (Å²) >= 11 is 3.47. The molecule has 0 saturated heterocycles. The summed E-state index contributed by atoms with van der Waals surface area (Å²) in [5.74, 6) is 0.213. The molecule has 0 aliphatic heterocycles. The fourth-order valence-electron chi connectivity index (χ4n) is 2.98. The van der Waals surface area contributed by atoms with Crippen molar-refractivity contribution >= 4 is 15.9 Å². The molecule has 22 heavy (non-hydrogen) atoms. The zero-order valence-electron chi connectivity index (χ0n) is 12.5. The summed E-state index contributed by atoms with van der Waals surface area (Å²) in [5.41, 5.74) is 1.93. The third-order valence-corrected chi connectivity index (χ3v) is 4.73. The summed E-state index contributed by atoms with van der Waals surface area (Å²) in [6.07, 6.45) is 5.03. The average Bonchev–Trinajstić information content (AvgIpc) is 3.16. The van der Waals surface area contributed by atoms with E-state index in [1.165, 1.54) is 0 Å². The zero-order valence-corrected chi connectivity index (χ0v) is 14.1. The zero-order chi connectivity index (χ0) is 15.5. The highest BCUT2D eigenvalue weighted by atomic mass is 79.9. The Hall–Kier alpha value is -1.71. The molecule has 0 radical (unpaired) electrons. The quantitative estimate of drug-likeness (QED) is 0.841. The van der Waals surface area contributed by atoms with Crippen molar-refractivity contribution in [2.24, 2.45) is 5.92 Å². The standard InChI is InChI=1S/C16H18BrN5/c1-21(15-6-5-12(7-15)9-18)10-14-11-22(20-19-14)16-4-2-3-13(17)8-16/h2-4,8,11-12,15H,5-7,10H2,1H3. The van der Waals surface area contributed by atoms with Crippen LogP contribution in [0.3, 0.4) is 0 Å². The van der Waals surface area contributed by atoms with E-state index in [-0.39, 0.29) is 5.92 Å². The van der Waals surface area contributed by atoms with Crippen LogP contribution in [0.4, 0.5) is 0 Å². The Morgan fingerprint density at radius 1 is 1.45 bits per heavy atom. The molecule has 0 N–H and O–H groups in total. The van der Waals surface area contributed by atoms with E-state index in [1.807, 2.05) is 30.5 Å². The van der Waals surface area contributed by atoms with Gasteiger partial charge in [0.2, 0.25) is 0 Å². The van der Waals surface area contributed by atoms with Crippen molar-refractivity contribution in [3.63, 3.8) is 0 Å². The second-order valence-corrected chi connectivity index (χ2v) is 6.76. The van der Waals surface area contributed by atoms with Gasteiger partial charge in [-0.05, 0) is 44.5 Å². The van der Waals surface area contributed by atoms with Crippen molar-refractivity contribution in [1.82, 2.24) is 19.9 Å². The van der Waals surface area contributed by atoms with Gasteiger partial charge in [0.25, 0.3) is 0 Å². The van der Waals surface area contributed by atoms with Crippen molar-refractivity contribution in [3.8, 4) is 11.8 Å². The molecule has 114 valence electrons. The van der Waals surface area contributed by atoms with Crippen LogP contribution < -0.4 is 0 Å². The SMILES string of the molecule is CN(Cc1cn(-c2cccc(Br)c2)nn1)C1CCC(C#N)C1. The molecule has 2 atom stereocenters. The fraction of sp³-hybridized carbons (Fsp3) is 0.438. The van der Waals surface area contributed by atoms with Gasteiger partial charge in [0.1, 0.15) is 0 Å². The third kappa shape index (κ3) is 3.37. The third-order valence-electron chi connectivity index (χ3n) is 4.24. The summed E-state index contributed by atoms with van der Waals surface area (Å²) in [6, 6.07) is 10.8. The Balaban J connectivity index is 1.66. The molecule has 1 aromatic heterocycles. The topological polar surface area (TPSA) is 57.7 Å². The monoisotopic (exact) mass is 359 g/mol. The van der Waals surface area contributed by atoms with Gasteiger partial charge >= 0.3 is 0 Å². The minimum absolute atomic E-state index is 0.213. The van der Waals surface area contributed by atoms with Crippen LogP contribution in [0.25, 0.3) is 5.69 Å². The van der Waals surface area contributed by atoms with E-state index in [0.717, 1.165) is 41.7 Å². The van der Waals surface area contributed by atoms with Crippen LogP contribution in [0.15, 0.2) is 34.9 Å². The predicted octanol–water partition coefficient (Wildman–Crippen LogP) is 3.15. The Morgan fingerprint density at radius 3 is 3.05 bits per heavy atom. The van der Waals surface area contributed by atoms with E-state index in [4.69, 9.17) is 5.26 Å². The van der Waals surface area contributed by atoms with Crippen LogP contribution in [-0.2, 0) is 6.54 Å². The Kier molecular flexibility index (Phi) is 4.55. The minimum atomic E-state index is 0.213. The minimum Gasteiger partial charge on any atom is -0.297 e. The number of nitrogens with zero attached hydrogens (tertiary/aromatic N) is 5. The first-order valence-electron chi connectivity index (χ1n) is 7.42. The van der Waals surface area contributed by atoms with E-state index in [2.05, 4.69) is 44.3 Å². The van der Waals surface area contributed by atoms with E-state index >= 15 is 0 Å². The lowest BCUT2D eigenvalue weighted by atomic mass is 10.1. The van der Waals surface area contributed by atoms with E-state index < -0.39 is 0 Å². The molecule has 3 rings (SSSR count). The van der Waals surface area contributed by atoms with Gasteiger partial charge in [0.15, 0.2) is 0 Å². The second kappa shape index (κ2) is 6.59. The number of aromatic nitrogens is 3. The number of hydrogen-bond donors (Lipinski definition) is 0. The summed E-state index contributed by atoms with van der Waals surface area (Å²) in [7, 11) is 2.10. The molecule has 2 aromatic rings. The van der Waals surface area contributed by atoms with Gasteiger partial charge in [-0.25, -0.2) is 4.68 Å². The number of benzene rings is 1. The van der Waals surface area contributed by atoms with Crippen LogP contribution in [-0.4, -0.2) is 33.0 Å². The number of nitriles is 1. The van der Waals surface area contributed by atoms with E-state index in [9.17, 15) is 0 Å². The molecule has 1 aliphatic rings. The van der Waals surface area contributed by atoms with Gasteiger partial charge in [-0.3, -0.25) is 4.90 Å². The highest BCUT2D eigenvalue weighted by Crippen LogP contribution is 2.28. The fourth-order valence-corrected chi connectivity index (χ4v) is 3.36. The Labute approximate surface area is 138 Å². The summed E-state index contributed by atoms with van der Waals surface area (Å²) in [4.78, 5) is 2.28. The van der Waals surface area contributed by atoms with Crippen molar-refractivity contribution in [3.05, 3.63) is 40.6 Å². The Morgan fingerprint density at radius 2 is 2.32 bits per heavy atom.